The van der Waals surface area contributed by atoms with Crippen molar-refractivity contribution < 1.29 is 9.90 Å². The average molecular weight is 225 g/mol. The number of carbonyl (C=O) groups excluding carboxylic acids is 1. The molecule has 0 aromatic rings. The normalized spacial score (nSPS) is 29.6. The standard InChI is InChI=1S/C13H23NO2/c15-12(7-10-3-1-2-4-10)8-11-9-14-6-5-13(11)16/h10-12,14-15H,1-9H2. The number of piperidine rings is 1. The minimum atomic E-state index is -0.267. The van der Waals surface area contributed by atoms with Crippen molar-refractivity contribution in [2.75, 3.05) is 13.1 Å². The number of aliphatic hydroxyl groups excluding tert-OH is 1. The molecule has 0 amide bonds. The molecule has 2 fully saturated rings. The second-order valence-electron chi connectivity index (χ2n) is 5.39. The highest BCUT2D eigenvalue weighted by Gasteiger charge is 2.26. The van der Waals surface area contributed by atoms with E-state index in [0.717, 1.165) is 19.5 Å². The number of carbonyl (C=O) groups is 1. The fraction of sp³-hybridized carbons (Fsp3) is 0.923. The van der Waals surface area contributed by atoms with Gasteiger partial charge >= 0.3 is 0 Å². The van der Waals surface area contributed by atoms with E-state index in [1.54, 1.807) is 0 Å². The third-order valence-corrected chi connectivity index (χ3v) is 4.03. The Bertz CT molecular complexity index is 236. The van der Waals surface area contributed by atoms with Crippen molar-refractivity contribution in [2.45, 2.75) is 51.0 Å². The highest BCUT2D eigenvalue weighted by Crippen LogP contribution is 2.30. The summed E-state index contributed by atoms with van der Waals surface area (Å²) in [5.41, 5.74) is 0. The number of Topliss-reactive ketones (excluding diaryl/α,β-unsaturated/α-hetero) is 1. The molecule has 1 aliphatic heterocycles. The van der Waals surface area contributed by atoms with Crippen LogP contribution in [0.25, 0.3) is 0 Å². The summed E-state index contributed by atoms with van der Waals surface area (Å²) in [7, 11) is 0. The van der Waals surface area contributed by atoms with Gasteiger partial charge in [0, 0.05) is 25.4 Å². The van der Waals surface area contributed by atoms with Crippen molar-refractivity contribution in [3.05, 3.63) is 0 Å². The predicted octanol–water partition coefficient (Wildman–Crippen LogP) is 1.50. The van der Waals surface area contributed by atoms with Crippen LogP contribution in [0.1, 0.15) is 44.9 Å². The van der Waals surface area contributed by atoms with Gasteiger partial charge in [-0.05, 0) is 18.8 Å². The lowest BCUT2D eigenvalue weighted by Gasteiger charge is -2.24. The molecule has 1 aliphatic carbocycles. The topological polar surface area (TPSA) is 49.3 Å². The Hall–Kier alpha value is -0.410. The van der Waals surface area contributed by atoms with E-state index in [2.05, 4.69) is 5.32 Å². The zero-order valence-corrected chi connectivity index (χ0v) is 9.95. The van der Waals surface area contributed by atoms with Crippen LogP contribution in [0.2, 0.25) is 0 Å². The van der Waals surface area contributed by atoms with Crippen LogP contribution in [0.3, 0.4) is 0 Å². The monoisotopic (exact) mass is 225 g/mol. The summed E-state index contributed by atoms with van der Waals surface area (Å²) < 4.78 is 0. The Labute approximate surface area is 97.6 Å². The number of aliphatic hydroxyl groups is 1. The summed E-state index contributed by atoms with van der Waals surface area (Å²) >= 11 is 0. The Morgan fingerprint density at radius 1 is 1.31 bits per heavy atom. The number of hydrogen-bond donors (Lipinski definition) is 2. The van der Waals surface area contributed by atoms with E-state index in [-0.39, 0.29) is 12.0 Å². The Kier molecular flexibility index (Phi) is 4.36. The smallest absolute Gasteiger partial charge is 0.138 e. The van der Waals surface area contributed by atoms with Gasteiger partial charge in [-0.1, -0.05) is 25.7 Å². The van der Waals surface area contributed by atoms with Gasteiger partial charge in [0.05, 0.1) is 6.10 Å². The van der Waals surface area contributed by atoms with Gasteiger partial charge in [-0.15, -0.1) is 0 Å². The lowest BCUT2D eigenvalue weighted by molar-refractivity contribution is -0.125. The summed E-state index contributed by atoms with van der Waals surface area (Å²) in [6.07, 6.45) is 7.13. The lowest BCUT2D eigenvalue weighted by Crippen LogP contribution is -2.38. The van der Waals surface area contributed by atoms with Gasteiger partial charge in [-0.2, -0.15) is 0 Å². The average Bonchev–Trinajstić information content (AvgIpc) is 2.74. The first-order valence-electron chi connectivity index (χ1n) is 6.67. The molecule has 2 aliphatic rings. The van der Waals surface area contributed by atoms with Gasteiger partial charge in [-0.3, -0.25) is 4.79 Å². The SMILES string of the molecule is O=C1CCNCC1CC(O)CC1CCCC1. The van der Waals surface area contributed by atoms with Crippen molar-refractivity contribution in [3.63, 3.8) is 0 Å². The van der Waals surface area contributed by atoms with Crippen LogP contribution in [0.15, 0.2) is 0 Å². The number of nitrogens with one attached hydrogen (secondary N) is 1. The summed E-state index contributed by atoms with van der Waals surface area (Å²) in [5.74, 6) is 1.11. The second-order valence-corrected chi connectivity index (χ2v) is 5.39. The largest absolute Gasteiger partial charge is 0.393 e. The highest BCUT2D eigenvalue weighted by atomic mass is 16.3. The van der Waals surface area contributed by atoms with Gasteiger partial charge < -0.3 is 10.4 Å². The maximum Gasteiger partial charge on any atom is 0.138 e. The zero-order chi connectivity index (χ0) is 11.4. The molecule has 3 heteroatoms. The van der Waals surface area contributed by atoms with E-state index in [1.165, 1.54) is 25.7 Å². The summed E-state index contributed by atoms with van der Waals surface area (Å²) in [6, 6.07) is 0. The number of hydrogen-bond acceptors (Lipinski definition) is 3. The van der Waals surface area contributed by atoms with E-state index in [9.17, 15) is 9.90 Å². The molecule has 0 aromatic carbocycles. The van der Waals surface area contributed by atoms with Crippen molar-refractivity contribution in [2.24, 2.45) is 11.8 Å². The summed E-state index contributed by atoms with van der Waals surface area (Å²) in [6.45, 7) is 1.58. The van der Waals surface area contributed by atoms with Crippen LogP contribution in [-0.4, -0.2) is 30.1 Å². The minimum Gasteiger partial charge on any atom is -0.393 e. The third-order valence-electron chi connectivity index (χ3n) is 4.03. The molecule has 2 N–H and O–H groups in total. The summed E-state index contributed by atoms with van der Waals surface area (Å²) in [5, 5.41) is 13.2. The molecule has 1 heterocycles. The molecule has 2 atom stereocenters. The summed E-state index contributed by atoms with van der Waals surface area (Å²) in [4.78, 5) is 11.6. The van der Waals surface area contributed by atoms with Crippen molar-refractivity contribution >= 4 is 5.78 Å². The quantitative estimate of drug-likeness (QED) is 0.762. The van der Waals surface area contributed by atoms with Gasteiger partial charge in [0.1, 0.15) is 5.78 Å². The molecule has 92 valence electrons. The van der Waals surface area contributed by atoms with E-state index in [0.29, 0.717) is 24.5 Å². The molecule has 16 heavy (non-hydrogen) atoms. The fourth-order valence-electron chi connectivity index (χ4n) is 3.08. The Morgan fingerprint density at radius 2 is 2.06 bits per heavy atom. The minimum absolute atomic E-state index is 0.0603. The molecule has 0 spiro atoms. The van der Waals surface area contributed by atoms with Crippen LogP contribution in [-0.2, 0) is 4.79 Å². The van der Waals surface area contributed by atoms with Gasteiger partial charge in [-0.25, -0.2) is 0 Å². The molecule has 0 bridgehead atoms. The van der Waals surface area contributed by atoms with Crippen molar-refractivity contribution in [3.8, 4) is 0 Å². The third kappa shape index (κ3) is 3.29. The molecular weight excluding hydrogens is 202 g/mol. The molecule has 3 nitrogen and oxygen atoms in total. The lowest BCUT2D eigenvalue weighted by atomic mass is 9.88. The molecule has 2 rings (SSSR count). The van der Waals surface area contributed by atoms with Gasteiger partial charge in [0.15, 0.2) is 0 Å². The number of rotatable bonds is 4. The molecular formula is C13H23NO2. The maximum absolute atomic E-state index is 11.6. The number of ketones is 1. The zero-order valence-electron chi connectivity index (χ0n) is 9.95. The highest BCUT2D eigenvalue weighted by molar-refractivity contribution is 5.82. The maximum atomic E-state index is 11.6. The first-order valence-corrected chi connectivity index (χ1v) is 6.67. The first-order chi connectivity index (χ1) is 7.75. The molecule has 1 saturated heterocycles. The van der Waals surface area contributed by atoms with Crippen LogP contribution in [0, 0.1) is 11.8 Å². The van der Waals surface area contributed by atoms with Gasteiger partial charge in [0.2, 0.25) is 0 Å². The van der Waals surface area contributed by atoms with E-state index in [4.69, 9.17) is 0 Å². The van der Waals surface area contributed by atoms with Crippen molar-refractivity contribution in [1.82, 2.24) is 5.32 Å². The van der Waals surface area contributed by atoms with E-state index in [1.807, 2.05) is 0 Å². The molecule has 1 saturated carbocycles. The van der Waals surface area contributed by atoms with Crippen LogP contribution in [0.4, 0.5) is 0 Å². The van der Waals surface area contributed by atoms with Gasteiger partial charge in [0.25, 0.3) is 0 Å². The first kappa shape index (κ1) is 12.1. The van der Waals surface area contributed by atoms with Crippen LogP contribution in [0.5, 0.6) is 0 Å². The molecule has 0 radical (unpaired) electrons. The van der Waals surface area contributed by atoms with Crippen LogP contribution < -0.4 is 5.32 Å². The molecule has 0 aromatic heterocycles. The second kappa shape index (κ2) is 5.78. The molecule has 2 unspecified atom stereocenters. The fourth-order valence-corrected chi connectivity index (χ4v) is 3.08. The van der Waals surface area contributed by atoms with Crippen LogP contribution >= 0.6 is 0 Å². The Balaban J connectivity index is 1.72. The van der Waals surface area contributed by atoms with E-state index >= 15 is 0 Å². The van der Waals surface area contributed by atoms with E-state index < -0.39 is 0 Å². The Morgan fingerprint density at radius 3 is 2.75 bits per heavy atom. The van der Waals surface area contributed by atoms with Crippen molar-refractivity contribution in [1.29, 1.82) is 0 Å². The predicted molar refractivity (Wildman–Crippen MR) is 63.2 cm³/mol.